The molecule has 0 spiro atoms. The summed E-state index contributed by atoms with van der Waals surface area (Å²) in [7, 11) is 0. The fraction of sp³-hybridized carbons (Fsp3) is 0.412. The van der Waals surface area contributed by atoms with Gasteiger partial charge in [0.15, 0.2) is 0 Å². The van der Waals surface area contributed by atoms with E-state index in [1.165, 1.54) is 22.3 Å². The Bertz CT molecular complexity index is 750. The van der Waals surface area contributed by atoms with E-state index in [-0.39, 0.29) is 17.7 Å². The lowest BCUT2D eigenvalue weighted by Gasteiger charge is -2.28. The zero-order valence-electron chi connectivity index (χ0n) is 14.5. The molecule has 0 fully saturated rings. The summed E-state index contributed by atoms with van der Waals surface area (Å²) >= 11 is 1.23. The molecule has 1 aromatic heterocycles. The summed E-state index contributed by atoms with van der Waals surface area (Å²) in [6.45, 7) is 5.69. The molecule has 8 heteroatoms. The Kier molecular flexibility index (Phi) is 6.58. The van der Waals surface area contributed by atoms with E-state index in [9.17, 15) is 14.0 Å². The zero-order chi connectivity index (χ0) is 18.4. The molecule has 1 N–H and O–H groups in total. The molecule has 0 aliphatic carbocycles. The fourth-order valence-corrected chi connectivity index (χ4v) is 2.86. The summed E-state index contributed by atoms with van der Waals surface area (Å²) in [6.07, 6.45) is 1.35. The van der Waals surface area contributed by atoms with Crippen LogP contribution in [0.1, 0.15) is 37.8 Å². The number of benzene rings is 1. The Morgan fingerprint density at radius 1 is 1.28 bits per heavy atom. The van der Waals surface area contributed by atoms with Gasteiger partial charge in [-0.3, -0.25) is 14.9 Å². The number of hydrogen-bond donors (Lipinski definition) is 1. The normalized spacial score (nSPS) is 11.8. The molecule has 2 rings (SSSR count). The van der Waals surface area contributed by atoms with Gasteiger partial charge in [-0.15, -0.1) is 10.2 Å². The minimum Gasteiger partial charge on any atom is -0.327 e. The van der Waals surface area contributed by atoms with Crippen LogP contribution in [0, 0.1) is 5.82 Å². The highest BCUT2D eigenvalue weighted by molar-refractivity contribution is 7.15. The molecule has 0 aliphatic rings. The number of rotatable bonds is 6. The fourth-order valence-electron chi connectivity index (χ4n) is 2.19. The second kappa shape index (κ2) is 8.66. The Hall–Kier alpha value is -2.35. The van der Waals surface area contributed by atoms with Crippen molar-refractivity contribution < 1.29 is 14.0 Å². The maximum Gasteiger partial charge on any atom is 0.315 e. The van der Waals surface area contributed by atoms with Crippen LogP contribution in [0.25, 0.3) is 0 Å². The molecule has 0 radical (unpaired) electrons. The van der Waals surface area contributed by atoms with Crippen molar-refractivity contribution in [2.75, 3.05) is 5.32 Å². The second-order valence-electron chi connectivity index (χ2n) is 5.59. The van der Waals surface area contributed by atoms with E-state index in [1.54, 1.807) is 18.2 Å². The average Bonchev–Trinajstić information content (AvgIpc) is 3.07. The average molecular weight is 364 g/mol. The monoisotopic (exact) mass is 364 g/mol. The maximum absolute atomic E-state index is 13.9. The Morgan fingerprint density at radius 2 is 2.00 bits per heavy atom. The van der Waals surface area contributed by atoms with Gasteiger partial charge in [0.1, 0.15) is 10.8 Å². The van der Waals surface area contributed by atoms with E-state index in [0.29, 0.717) is 18.4 Å². The molecule has 6 nitrogen and oxygen atoms in total. The van der Waals surface area contributed by atoms with Crippen LogP contribution in [0.3, 0.4) is 0 Å². The Balaban J connectivity index is 2.14. The predicted octanol–water partition coefficient (Wildman–Crippen LogP) is 3.01. The van der Waals surface area contributed by atoms with E-state index < -0.39 is 17.6 Å². The molecule has 0 saturated heterocycles. The number of anilines is 1. The SMILES string of the molecule is CCc1nnc(NC(=O)C(=O)N(Cc2ccccc2F)[C@@H](C)CC)s1. The molecule has 0 bridgehead atoms. The van der Waals surface area contributed by atoms with Crippen LogP contribution in [0.5, 0.6) is 0 Å². The largest absolute Gasteiger partial charge is 0.327 e. The van der Waals surface area contributed by atoms with Gasteiger partial charge < -0.3 is 4.90 Å². The minimum absolute atomic E-state index is 0.0320. The van der Waals surface area contributed by atoms with Crippen molar-refractivity contribution in [2.24, 2.45) is 0 Å². The number of nitrogens with zero attached hydrogens (tertiary/aromatic N) is 3. The first-order valence-electron chi connectivity index (χ1n) is 8.13. The van der Waals surface area contributed by atoms with Gasteiger partial charge in [-0.25, -0.2) is 4.39 Å². The number of carbonyl (C=O) groups is 2. The van der Waals surface area contributed by atoms with Gasteiger partial charge >= 0.3 is 11.8 Å². The lowest BCUT2D eigenvalue weighted by atomic mass is 10.1. The van der Waals surface area contributed by atoms with E-state index in [4.69, 9.17) is 0 Å². The number of amides is 2. The van der Waals surface area contributed by atoms with Crippen molar-refractivity contribution in [1.82, 2.24) is 15.1 Å². The van der Waals surface area contributed by atoms with Crippen LogP contribution in [-0.2, 0) is 22.6 Å². The van der Waals surface area contributed by atoms with Gasteiger partial charge in [0.2, 0.25) is 5.13 Å². The van der Waals surface area contributed by atoms with Gasteiger partial charge in [-0.2, -0.15) is 0 Å². The highest BCUT2D eigenvalue weighted by atomic mass is 32.1. The smallest absolute Gasteiger partial charge is 0.315 e. The highest BCUT2D eigenvalue weighted by Gasteiger charge is 2.27. The number of carbonyl (C=O) groups excluding carboxylic acids is 2. The molecule has 0 aliphatic heterocycles. The Morgan fingerprint density at radius 3 is 2.60 bits per heavy atom. The molecule has 0 unspecified atom stereocenters. The number of aromatic nitrogens is 2. The molecule has 0 saturated carbocycles. The van der Waals surface area contributed by atoms with Crippen LogP contribution >= 0.6 is 11.3 Å². The van der Waals surface area contributed by atoms with Gasteiger partial charge in [0.05, 0.1) is 0 Å². The van der Waals surface area contributed by atoms with E-state index >= 15 is 0 Å². The first kappa shape index (κ1) is 19.0. The number of aryl methyl sites for hydroxylation is 1. The molecular weight excluding hydrogens is 343 g/mol. The Labute approximate surface area is 150 Å². The lowest BCUT2D eigenvalue weighted by Crippen LogP contribution is -2.44. The lowest BCUT2D eigenvalue weighted by molar-refractivity contribution is -0.145. The molecule has 25 heavy (non-hydrogen) atoms. The van der Waals surface area contributed by atoms with Crippen molar-refractivity contribution in [3.05, 3.63) is 40.7 Å². The zero-order valence-corrected chi connectivity index (χ0v) is 15.3. The van der Waals surface area contributed by atoms with Crippen LogP contribution in [0.4, 0.5) is 9.52 Å². The van der Waals surface area contributed by atoms with Crippen molar-refractivity contribution in [3.8, 4) is 0 Å². The summed E-state index contributed by atoms with van der Waals surface area (Å²) in [5, 5.41) is 11.3. The quantitative estimate of drug-likeness (QED) is 0.800. The third kappa shape index (κ3) is 4.82. The molecule has 2 amide bonds. The number of hydrogen-bond acceptors (Lipinski definition) is 5. The van der Waals surface area contributed by atoms with Gasteiger partial charge in [0.25, 0.3) is 0 Å². The van der Waals surface area contributed by atoms with Crippen LogP contribution in [0.2, 0.25) is 0 Å². The highest BCUT2D eigenvalue weighted by Crippen LogP contribution is 2.17. The first-order valence-corrected chi connectivity index (χ1v) is 8.95. The summed E-state index contributed by atoms with van der Waals surface area (Å²) in [6, 6.07) is 6.02. The van der Waals surface area contributed by atoms with Gasteiger partial charge in [-0.05, 0) is 25.8 Å². The number of nitrogens with one attached hydrogen (secondary N) is 1. The maximum atomic E-state index is 13.9. The number of halogens is 1. The van der Waals surface area contributed by atoms with Crippen LogP contribution < -0.4 is 5.32 Å². The van der Waals surface area contributed by atoms with Crippen molar-refractivity contribution in [1.29, 1.82) is 0 Å². The van der Waals surface area contributed by atoms with Crippen LogP contribution in [-0.4, -0.2) is 33.0 Å². The van der Waals surface area contributed by atoms with Crippen LogP contribution in [0.15, 0.2) is 24.3 Å². The molecular formula is C17H21FN4O2S. The third-order valence-electron chi connectivity index (χ3n) is 3.87. The molecule has 2 aromatic rings. The second-order valence-corrected chi connectivity index (χ2v) is 6.65. The van der Waals surface area contributed by atoms with E-state index in [1.807, 2.05) is 20.8 Å². The first-order chi connectivity index (χ1) is 12.0. The minimum atomic E-state index is -0.796. The molecule has 134 valence electrons. The summed E-state index contributed by atoms with van der Waals surface area (Å²) in [4.78, 5) is 26.2. The standard InChI is InChI=1S/C17H21FN4O2S/c1-4-11(3)22(10-12-8-6-7-9-13(12)18)16(24)15(23)19-17-21-20-14(5-2)25-17/h6-9,11H,4-5,10H2,1-3H3,(H,19,21,23)/t11-/m0/s1. The predicted molar refractivity (Wildman–Crippen MR) is 94.6 cm³/mol. The van der Waals surface area contributed by atoms with Gasteiger partial charge in [0, 0.05) is 18.2 Å². The molecule has 1 aromatic carbocycles. The third-order valence-corrected chi connectivity index (χ3v) is 4.85. The molecule has 1 atom stereocenters. The van der Waals surface area contributed by atoms with E-state index in [2.05, 4.69) is 15.5 Å². The van der Waals surface area contributed by atoms with Crippen molar-refractivity contribution >= 4 is 28.3 Å². The summed E-state index contributed by atoms with van der Waals surface area (Å²) in [5.41, 5.74) is 0.369. The van der Waals surface area contributed by atoms with E-state index in [0.717, 1.165) is 5.01 Å². The summed E-state index contributed by atoms with van der Waals surface area (Å²) in [5.74, 6) is -1.91. The summed E-state index contributed by atoms with van der Waals surface area (Å²) < 4.78 is 13.9. The topological polar surface area (TPSA) is 75.2 Å². The molecule has 1 heterocycles. The van der Waals surface area contributed by atoms with Crippen molar-refractivity contribution in [3.63, 3.8) is 0 Å². The van der Waals surface area contributed by atoms with Crippen molar-refractivity contribution in [2.45, 2.75) is 46.2 Å². The van der Waals surface area contributed by atoms with Gasteiger partial charge in [-0.1, -0.05) is 43.4 Å².